The van der Waals surface area contributed by atoms with Crippen molar-refractivity contribution >= 4 is 34.3 Å². The molecule has 0 aliphatic heterocycles. The van der Waals surface area contributed by atoms with E-state index >= 15 is 0 Å². The van der Waals surface area contributed by atoms with E-state index in [2.05, 4.69) is 22.6 Å². The lowest BCUT2D eigenvalue weighted by Crippen LogP contribution is -2.14. The van der Waals surface area contributed by atoms with Crippen LogP contribution < -0.4 is 0 Å². The number of carboxylic acids is 1. The van der Waals surface area contributed by atoms with Gasteiger partial charge in [-0.1, -0.05) is 12.1 Å². The first-order valence-electron chi connectivity index (χ1n) is 3.60. The number of halogens is 1. The molecule has 1 N–H and O–H groups in total. The minimum Gasteiger partial charge on any atom is -0.475 e. The van der Waals surface area contributed by atoms with E-state index in [1.54, 1.807) is 18.2 Å². The van der Waals surface area contributed by atoms with Crippen molar-refractivity contribution in [3.63, 3.8) is 0 Å². The van der Waals surface area contributed by atoms with Crippen LogP contribution in [-0.2, 0) is 16.0 Å². The van der Waals surface area contributed by atoms with Crippen LogP contribution in [0, 0.1) is 3.57 Å². The maximum Gasteiger partial charge on any atom is 0.372 e. The molecule has 0 aliphatic carbocycles. The monoisotopic (exact) mass is 290 g/mol. The molecule has 0 spiro atoms. The lowest BCUT2D eigenvalue weighted by atomic mass is 10.1. The lowest BCUT2D eigenvalue weighted by Gasteiger charge is -1.97. The molecule has 0 saturated carbocycles. The van der Waals surface area contributed by atoms with Crippen LogP contribution in [-0.4, -0.2) is 16.9 Å². The minimum absolute atomic E-state index is 0.0355. The third-order valence-electron chi connectivity index (χ3n) is 1.49. The number of ketones is 1. The molecular formula is C9H7IO3. The van der Waals surface area contributed by atoms with Gasteiger partial charge in [0.2, 0.25) is 5.78 Å². The molecule has 0 amide bonds. The average Bonchev–Trinajstić information content (AvgIpc) is 2.04. The molecule has 0 saturated heterocycles. The van der Waals surface area contributed by atoms with Gasteiger partial charge in [0.1, 0.15) is 0 Å². The van der Waals surface area contributed by atoms with Gasteiger partial charge in [0.15, 0.2) is 0 Å². The van der Waals surface area contributed by atoms with E-state index < -0.39 is 11.8 Å². The lowest BCUT2D eigenvalue weighted by molar-refractivity contribution is -0.148. The first kappa shape index (κ1) is 10.2. The fourth-order valence-corrected chi connectivity index (χ4v) is 1.52. The summed E-state index contributed by atoms with van der Waals surface area (Å²) in [7, 11) is 0. The van der Waals surface area contributed by atoms with Crippen molar-refractivity contribution in [2.24, 2.45) is 0 Å². The standard InChI is InChI=1S/C9H7IO3/c10-7-3-1-2-6(4-7)5-8(11)9(12)13/h1-4H,5H2,(H,12,13). The maximum atomic E-state index is 10.8. The molecule has 1 aromatic rings. The van der Waals surface area contributed by atoms with Crippen molar-refractivity contribution in [1.82, 2.24) is 0 Å². The van der Waals surface area contributed by atoms with Crippen molar-refractivity contribution < 1.29 is 14.7 Å². The maximum absolute atomic E-state index is 10.8. The highest BCUT2D eigenvalue weighted by atomic mass is 127. The molecule has 0 aromatic heterocycles. The van der Waals surface area contributed by atoms with E-state index in [1.165, 1.54) is 0 Å². The number of hydrogen-bond donors (Lipinski definition) is 1. The normalized spacial score (nSPS) is 9.62. The minimum atomic E-state index is -1.38. The number of hydrogen-bond acceptors (Lipinski definition) is 2. The van der Waals surface area contributed by atoms with E-state index in [0.29, 0.717) is 0 Å². The predicted octanol–water partition coefficient (Wildman–Crippen LogP) is 1.49. The summed E-state index contributed by atoms with van der Waals surface area (Å²) in [5.41, 5.74) is 0.735. The second-order valence-corrected chi connectivity index (χ2v) is 3.78. The first-order valence-corrected chi connectivity index (χ1v) is 4.68. The van der Waals surface area contributed by atoms with Crippen molar-refractivity contribution in [2.45, 2.75) is 6.42 Å². The van der Waals surface area contributed by atoms with E-state index in [9.17, 15) is 9.59 Å². The fourth-order valence-electron chi connectivity index (χ4n) is 0.908. The molecule has 0 atom stereocenters. The number of carbonyl (C=O) groups is 2. The molecular weight excluding hydrogens is 283 g/mol. The Balaban J connectivity index is 2.75. The number of aliphatic carboxylic acids is 1. The van der Waals surface area contributed by atoms with Crippen molar-refractivity contribution in [3.8, 4) is 0 Å². The van der Waals surface area contributed by atoms with Gasteiger partial charge < -0.3 is 5.11 Å². The van der Waals surface area contributed by atoms with E-state index in [-0.39, 0.29) is 6.42 Å². The number of benzene rings is 1. The van der Waals surface area contributed by atoms with Crippen molar-refractivity contribution in [1.29, 1.82) is 0 Å². The second-order valence-electron chi connectivity index (χ2n) is 2.54. The highest BCUT2D eigenvalue weighted by molar-refractivity contribution is 14.1. The summed E-state index contributed by atoms with van der Waals surface area (Å²) in [6, 6.07) is 7.21. The van der Waals surface area contributed by atoms with Gasteiger partial charge in [-0.05, 0) is 40.3 Å². The molecule has 0 unspecified atom stereocenters. The summed E-state index contributed by atoms with van der Waals surface area (Å²) in [4.78, 5) is 21.1. The van der Waals surface area contributed by atoms with Crippen LogP contribution in [0.4, 0.5) is 0 Å². The zero-order valence-electron chi connectivity index (χ0n) is 6.66. The Kier molecular flexibility index (Phi) is 3.41. The van der Waals surface area contributed by atoms with Gasteiger partial charge in [0.25, 0.3) is 0 Å². The van der Waals surface area contributed by atoms with Crippen LogP contribution in [0.25, 0.3) is 0 Å². The van der Waals surface area contributed by atoms with Crippen LogP contribution in [0.2, 0.25) is 0 Å². The van der Waals surface area contributed by atoms with Gasteiger partial charge in [-0.15, -0.1) is 0 Å². The molecule has 0 radical (unpaired) electrons. The Labute approximate surface area is 88.9 Å². The van der Waals surface area contributed by atoms with Gasteiger partial charge in [-0.25, -0.2) is 4.79 Å². The van der Waals surface area contributed by atoms with Crippen molar-refractivity contribution in [3.05, 3.63) is 33.4 Å². The zero-order valence-corrected chi connectivity index (χ0v) is 8.82. The van der Waals surface area contributed by atoms with Crippen LogP contribution in [0.15, 0.2) is 24.3 Å². The SMILES string of the molecule is O=C(O)C(=O)Cc1cccc(I)c1. The Morgan fingerprint density at radius 2 is 2.08 bits per heavy atom. The van der Waals surface area contributed by atoms with Gasteiger partial charge in [-0.2, -0.15) is 0 Å². The molecule has 0 bridgehead atoms. The zero-order chi connectivity index (χ0) is 9.84. The topological polar surface area (TPSA) is 54.4 Å². The largest absolute Gasteiger partial charge is 0.475 e. The Bertz CT molecular complexity index is 346. The molecule has 68 valence electrons. The summed E-state index contributed by atoms with van der Waals surface area (Å²) in [5.74, 6) is -2.15. The molecule has 0 fully saturated rings. The van der Waals surface area contributed by atoms with Crippen LogP contribution >= 0.6 is 22.6 Å². The molecule has 13 heavy (non-hydrogen) atoms. The Morgan fingerprint density at radius 1 is 1.38 bits per heavy atom. The van der Waals surface area contributed by atoms with E-state index in [1.807, 2.05) is 6.07 Å². The van der Waals surface area contributed by atoms with Gasteiger partial charge in [0, 0.05) is 9.99 Å². The van der Waals surface area contributed by atoms with Gasteiger partial charge in [-0.3, -0.25) is 4.79 Å². The molecule has 4 heteroatoms. The summed E-state index contributed by atoms with van der Waals surface area (Å²) in [5, 5.41) is 8.36. The van der Waals surface area contributed by atoms with E-state index in [4.69, 9.17) is 5.11 Å². The molecule has 3 nitrogen and oxygen atoms in total. The molecule has 1 aromatic carbocycles. The first-order chi connectivity index (χ1) is 6.09. The molecule has 0 aliphatic rings. The summed E-state index contributed by atoms with van der Waals surface area (Å²) < 4.78 is 0.994. The van der Waals surface area contributed by atoms with Crippen LogP contribution in [0.5, 0.6) is 0 Å². The Hall–Kier alpha value is -0.910. The van der Waals surface area contributed by atoms with Crippen molar-refractivity contribution in [2.75, 3.05) is 0 Å². The number of rotatable bonds is 3. The summed E-state index contributed by atoms with van der Waals surface area (Å²) in [6.45, 7) is 0. The predicted molar refractivity (Wildman–Crippen MR) is 55.5 cm³/mol. The van der Waals surface area contributed by atoms with Gasteiger partial charge >= 0.3 is 5.97 Å². The smallest absolute Gasteiger partial charge is 0.372 e. The van der Waals surface area contributed by atoms with Crippen LogP contribution in [0.1, 0.15) is 5.56 Å². The summed E-state index contributed by atoms with van der Waals surface area (Å²) >= 11 is 2.11. The van der Waals surface area contributed by atoms with Gasteiger partial charge in [0.05, 0.1) is 0 Å². The second kappa shape index (κ2) is 4.36. The molecule has 0 heterocycles. The number of carboxylic acid groups (broad SMARTS) is 1. The number of Topliss-reactive ketones (excluding diaryl/α,β-unsaturated/α-hetero) is 1. The fraction of sp³-hybridized carbons (Fsp3) is 0.111. The number of carbonyl (C=O) groups excluding carboxylic acids is 1. The quantitative estimate of drug-likeness (QED) is 0.678. The molecule has 1 rings (SSSR count). The highest BCUT2D eigenvalue weighted by Gasteiger charge is 2.11. The summed E-state index contributed by atoms with van der Waals surface area (Å²) in [6.07, 6.45) is -0.0355. The van der Waals surface area contributed by atoms with Crippen LogP contribution in [0.3, 0.4) is 0 Å². The Morgan fingerprint density at radius 3 is 2.62 bits per heavy atom. The highest BCUT2D eigenvalue weighted by Crippen LogP contribution is 2.08. The third-order valence-corrected chi connectivity index (χ3v) is 2.16. The third kappa shape index (κ3) is 3.14. The van der Waals surface area contributed by atoms with E-state index in [0.717, 1.165) is 9.13 Å². The average molecular weight is 290 g/mol.